The van der Waals surface area contributed by atoms with Gasteiger partial charge in [0.15, 0.2) is 0 Å². The Morgan fingerprint density at radius 1 is 1.00 bits per heavy atom. The second kappa shape index (κ2) is 9.35. The molecule has 2 aliphatic heterocycles. The maximum atomic E-state index is 13.2. The predicted molar refractivity (Wildman–Crippen MR) is 134 cm³/mol. The van der Waals surface area contributed by atoms with Gasteiger partial charge in [0.05, 0.1) is 6.61 Å². The summed E-state index contributed by atoms with van der Waals surface area (Å²) in [6.45, 7) is 7.17. The number of hydrogen-bond acceptors (Lipinski definition) is 4. The first-order chi connectivity index (χ1) is 16.6. The molecule has 0 aromatic heterocycles. The third-order valence-electron chi connectivity index (χ3n) is 7.07. The number of likely N-dealkylation sites (tertiary alicyclic amines) is 1. The van der Waals surface area contributed by atoms with Gasteiger partial charge >= 0.3 is 0 Å². The van der Waals surface area contributed by atoms with Gasteiger partial charge in [0.1, 0.15) is 18.1 Å². The fourth-order valence-electron chi connectivity index (χ4n) is 4.90. The molecule has 0 radical (unpaired) electrons. The van der Waals surface area contributed by atoms with Gasteiger partial charge in [-0.25, -0.2) is 0 Å². The Labute approximate surface area is 200 Å². The second-order valence-electron chi connectivity index (χ2n) is 9.17. The number of nitrogens with two attached hydrogens (primary N) is 1. The number of piperidine rings is 1. The molecule has 1 spiro atoms. The monoisotopic (exact) mass is 454 g/mol. The summed E-state index contributed by atoms with van der Waals surface area (Å²) in [5.41, 5.74) is 10.6. The van der Waals surface area contributed by atoms with E-state index in [1.807, 2.05) is 71.6 Å². The number of rotatable bonds is 6. The Kier molecular flexibility index (Phi) is 6.12. The molecule has 0 atom stereocenters. The van der Waals surface area contributed by atoms with Gasteiger partial charge in [-0.1, -0.05) is 61.2 Å². The van der Waals surface area contributed by atoms with E-state index in [1.54, 1.807) is 0 Å². The lowest BCUT2D eigenvalue weighted by atomic mass is 9.74. The van der Waals surface area contributed by atoms with Crippen molar-refractivity contribution in [3.05, 3.63) is 102 Å². The Morgan fingerprint density at radius 3 is 2.44 bits per heavy atom. The largest absolute Gasteiger partial charge is 0.492 e. The number of nitrogens with zero attached hydrogens (tertiary/aromatic N) is 1. The highest BCUT2D eigenvalue weighted by Gasteiger charge is 2.44. The van der Waals surface area contributed by atoms with E-state index in [1.165, 1.54) is 5.56 Å². The number of fused-ring (bicyclic) bond motifs is 2. The Hall–Kier alpha value is -3.57. The van der Waals surface area contributed by atoms with Crippen LogP contribution in [0, 0.1) is 0 Å². The van der Waals surface area contributed by atoms with Crippen LogP contribution in [-0.2, 0) is 23.4 Å². The minimum absolute atomic E-state index is 0.0114. The summed E-state index contributed by atoms with van der Waals surface area (Å²) in [6.07, 6.45) is 1.75. The van der Waals surface area contributed by atoms with Gasteiger partial charge < -0.3 is 20.1 Å². The SMILES string of the molecule is C=C(C(=O)N1CCC2(CC1)COc1ccc(CN)cc12)c1ccc(OCc2ccccc2)cc1. The third-order valence-corrected chi connectivity index (χ3v) is 7.07. The van der Waals surface area contributed by atoms with Crippen LogP contribution in [0.3, 0.4) is 0 Å². The lowest BCUT2D eigenvalue weighted by Crippen LogP contribution is -2.46. The summed E-state index contributed by atoms with van der Waals surface area (Å²) in [5.74, 6) is 1.71. The quantitative estimate of drug-likeness (QED) is 0.549. The number of carbonyl (C=O) groups excluding carboxylic acids is 1. The van der Waals surface area contributed by atoms with Crippen LogP contribution >= 0.6 is 0 Å². The fourth-order valence-corrected chi connectivity index (χ4v) is 4.90. The number of benzene rings is 3. The molecule has 2 heterocycles. The Morgan fingerprint density at radius 2 is 1.74 bits per heavy atom. The number of amides is 1. The van der Waals surface area contributed by atoms with E-state index in [9.17, 15) is 4.79 Å². The molecule has 34 heavy (non-hydrogen) atoms. The highest BCUT2D eigenvalue weighted by atomic mass is 16.5. The molecular weight excluding hydrogens is 424 g/mol. The molecular formula is C29H30N2O3. The van der Waals surface area contributed by atoms with E-state index in [4.69, 9.17) is 15.2 Å². The van der Waals surface area contributed by atoms with Crippen molar-refractivity contribution in [2.75, 3.05) is 19.7 Å². The zero-order chi connectivity index (χ0) is 23.5. The molecule has 3 aromatic rings. The smallest absolute Gasteiger partial charge is 0.253 e. The van der Waals surface area contributed by atoms with E-state index in [0.717, 1.165) is 41.0 Å². The van der Waals surface area contributed by atoms with Crippen molar-refractivity contribution in [1.29, 1.82) is 0 Å². The zero-order valence-corrected chi connectivity index (χ0v) is 19.3. The van der Waals surface area contributed by atoms with Gasteiger partial charge in [0, 0.05) is 36.2 Å². The summed E-state index contributed by atoms with van der Waals surface area (Å²) in [4.78, 5) is 15.1. The minimum atomic E-state index is -0.0314. The van der Waals surface area contributed by atoms with Crippen LogP contribution in [0.1, 0.15) is 35.1 Å². The average Bonchev–Trinajstić information content (AvgIpc) is 3.25. The number of carbonyl (C=O) groups is 1. The van der Waals surface area contributed by atoms with Gasteiger partial charge in [0.25, 0.3) is 5.91 Å². The minimum Gasteiger partial charge on any atom is -0.492 e. The average molecular weight is 455 g/mol. The normalized spacial score (nSPS) is 16.1. The van der Waals surface area contributed by atoms with Crippen molar-refractivity contribution in [2.45, 2.75) is 31.4 Å². The van der Waals surface area contributed by atoms with E-state index in [2.05, 4.69) is 12.6 Å². The molecule has 174 valence electrons. The van der Waals surface area contributed by atoms with Crippen LogP contribution < -0.4 is 15.2 Å². The maximum Gasteiger partial charge on any atom is 0.253 e. The highest BCUT2D eigenvalue weighted by Crippen LogP contribution is 2.46. The lowest BCUT2D eigenvalue weighted by molar-refractivity contribution is -0.126. The van der Waals surface area contributed by atoms with Crippen molar-refractivity contribution in [2.24, 2.45) is 5.73 Å². The van der Waals surface area contributed by atoms with Crippen LogP contribution in [0.5, 0.6) is 11.5 Å². The van der Waals surface area contributed by atoms with E-state index >= 15 is 0 Å². The molecule has 1 amide bonds. The third kappa shape index (κ3) is 4.31. The van der Waals surface area contributed by atoms with Crippen LogP contribution in [0.4, 0.5) is 0 Å². The first-order valence-corrected chi connectivity index (χ1v) is 11.8. The topological polar surface area (TPSA) is 64.8 Å². The molecule has 2 N–H and O–H groups in total. The molecule has 5 rings (SSSR count). The lowest BCUT2D eigenvalue weighted by Gasteiger charge is -2.39. The Bertz CT molecular complexity index is 1180. The number of hydrogen-bond donors (Lipinski definition) is 1. The number of ether oxygens (including phenoxy) is 2. The van der Waals surface area contributed by atoms with E-state index in [-0.39, 0.29) is 11.3 Å². The van der Waals surface area contributed by atoms with E-state index in [0.29, 0.717) is 38.4 Å². The molecule has 0 aliphatic carbocycles. The summed E-state index contributed by atoms with van der Waals surface area (Å²) in [7, 11) is 0. The fraction of sp³-hybridized carbons (Fsp3) is 0.276. The van der Waals surface area contributed by atoms with Crippen LogP contribution in [0.2, 0.25) is 0 Å². The first kappa shape index (κ1) is 22.2. The molecule has 5 nitrogen and oxygen atoms in total. The summed E-state index contributed by atoms with van der Waals surface area (Å²) >= 11 is 0. The molecule has 0 saturated carbocycles. The van der Waals surface area contributed by atoms with Gasteiger partial charge in [-0.05, 0) is 47.7 Å². The molecule has 3 aromatic carbocycles. The van der Waals surface area contributed by atoms with Gasteiger partial charge in [-0.3, -0.25) is 4.79 Å². The second-order valence-corrected chi connectivity index (χ2v) is 9.17. The van der Waals surface area contributed by atoms with Crippen molar-refractivity contribution in [3.63, 3.8) is 0 Å². The summed E-state index contributed by atoms with van der Waals surface area (Å²) in [6, 6.07) is 23.9. The first-order valence-electron chi connectivity index (χ1n) is 11.8. The van der Waals surface area contributed by atoms with Crippen molar-refractivity contribution >= 4 is 11.5 Å². The van der Waals surface area contributed by atoms with E-state index < -0.39 is 0 Å². The summed E-state index contributed by atoms with van der Waals surface area (Å²) in [5, 5.41) is 0. The molecule has 1 fully saturated rings. The van der Waals surface area contributed by atoms with Gasteiger partial charge in [0.2, 0.25) is 0 Å². The highest BCUT2D eigenvalue weighted by molar-refractivity contribution is 6.18. The van der Waals surface area contributed by atoms with Crippen molar-refractivity contribution in [1.82, 2.24) is 4.90 Å². The zero-order valence-electron chi connectivity index (χ0n) is 19.3. The molecule has 0 unspecified atom stereocenters. The van der Waals surface area contributed by atoms with Crippen molar-refractivity contribution < 1.29 is 14.3 Å². The summed E-state index contributed by atoms with van der Waals surface area (Å²) < 4.78 is 11.8. The molecule has 1 saturated heterocycles. The predicted octanol–water partition coefficient (Wildman–Crippen LogP) is 4.69. The standard InChI is InChI=1S/C29H30N2O3/c1-21(24-8-10-25(11-9-24)33-19-22-5-3-2-4-6-22)28(32)31-15-13-29(14-16-31)20-34-27-12-7-23(18-30)17-26(27)29/h2-12,17H,1,13-16,18-20,30H2. The molecule has 2 aliphatic rings. The van der Waals surface area contributed by atoms with Gasteiger partial charge in [-0.15, -0.1) is 0 Å². The van der Waals surface area contributed by atoms with Crippen molar-refractivity contribution in [3.8, 4) is 11.5 Å². The van der Waals surface area contributed by atoms with Gasteiger partial charge in [-0.2, -0.15) is 0 Å². The molecule has 5 heteroatoms. The van der Waals surface area contributed by atoms with Crippen LogP contribution in [0.15, 0.2) is 79.4 Å². The van der Waals surface area contributed by atoms with Crippen LogP contribution in [0.25, 0.3) is 5.57 Å². The maximum absolute atomic E-state index is 13.2. The Balaban J connectivity index is 1.20. The molecule has 0 bridgehead atoms. The van der Waals surface area contributed by atoms with Crippen LogP contribution in [-0.4, -0.2) is 30.5 Å².